The molecule has 4 nitrogen and oxygen atoms in total. The van der Waals surface area contributed by atoms with Gasteiger partial charge in [-0.1, -0.05) is 50.3 Å². The van der Waals surface area contributed by atoms with E-state index in [1.807, 2.05) is 44.2 Å². The zero-order valence-corrected chi connectivity index (χ0v) is 12.1. The van der Waals surface area contributed by atoms with E-state index in [0.29, 0.717) is 5.57 Å². The van der Waals surface area contributed by atoms with Gasteiger partial charge in [-0.3, -0.25) is 19.3 Å². The van der Waals surface area contributed by atoms with Gasteiger partial charge in [0.25, 0.3) is 0 Å². The van der Waals surface area contributed by atoms with Gasteiger partial charge in [-0.25, -0.2) is 0 Å². The van der Waals surface area contributed by atoms with Crippen LogP contribution in [0.5, 0.6) is 0 Å². The maximum atomic E-state index is 12.4. The number of amides is 2. The number of ketones is 1. The molecule has 2 amide bonds. The van der Waals surface area contributed by atoms with Crippen LogP contribution in [0.4, 0.5) is 0 Å². The largest absolute Gasteiger partial charge is 0.294 e. The molecule has 1 fully saturated rings. The van der Waals surface area contributed by atoms with Crippen LogP contribution in [0.15, 0.2) is 42.0 Å². The molecule has 1 saturated heterocycles. The number of likely N-dealkylation sites (tertiary alicyclic amines) is 1. The molecule has 0 bridgehead atoms. The third-order valence-electron chi connectivity index (χ3n) is 4.17. The van der Waals surface area contributed by atoms with Crippen molar-refractivity contribution in [1.29, 1.82) is 0 Å². The molecule has 0 unspecified atom stereocenters. The van der Waals surface area contributed by atoms with Gasteiger partial charge in [-0.15, -0.1) is 0 Å². The summed E-state index contributed by atoms with van der Waals surface area (Å²) in [6.07, 6.45) is 1.70. The van der Waals surface area contributed by atoms with Gasteiger partial charge in [-0.2, -0.15) is 0 Å². The summed E-state index contributed by atoms with van der Waals surface area (Å²) in [6.45, 7) is 4.05. The van der Waals surface area contributed by atoms with Crippen LogP contribution in [0, 0.1) is 17.8 Å². The summed E-state index contributed by atoms with van der Waals surface area (Å²) >= 11 is 0. The Labute approximate surface area is 123 Å². The molecule has 21 heavy (non-hydrogen) atoms. The minimum absolute atomic E-state index is 0.0475. The zero-order valence-electron chi connectivity index (χ0n) is 12.1. The first-order chi connectivity index (χ1) is 10.0. The van der Waals surface area contributed by atoms with Gasteiger partial charge in [0, 0.05) is 0 Å². The van der Waals surface area contributed by atoms with Crippen molar-refractivity contribution < 1.29 is 14.4 Å². The quantitative estimate of drug-likeness (QED) is 0.629. The maximum Gasteiger partial charge on any atom is 0.241 e. The van der Waals surface area contributed by atoms with E-state index in [1.165, 1.54) is 4.90 Å². The number of allylic oxidation sites excluding steroid dienone is 1. The SMILES string of the molecule is CC(C)C1=C[C@H]2C(=O)N(Cc3ccccc3)C(=O)[C@H]2C1=O. The number of hydrogen-bond donors (Lipinski definition) is 0. The molecule has 0 aromatic heterocycles. The third-order valence-corrected chi connectivity index (χ3v) is 4.17. The molecule has 108 valence electrons. The predicted octanol–water partition coefficient (Wildman–Crippen LogP) is 1.95. The van der Waals surface area contributed by atoms with E-state index in [1.54, 1.807) is 6.08 Å². The van der Waals surface area contributed by atoms with Crippen LogP contribution in [0.2, 0.25) is 0 Å². The highest BCUT2D eigenvalue weighted by Gasteiger charge is 2.54. The Balaban J connectivity index is 1.87. The third kappa shape index (κ3) is 2.11. The number of hydrogen-bond acceptors (Lipinski definition) is 3. The van der Waals surface area contributed by atoms with E-state index in [2.05, 4.69) is 0 Å². The summed E-state index contributed by atoms with van der Waals surface area (Å²) in [4.78, 5) is 38.4. The average molecular weight is 283 g/mol. The number of carbonyl (C=O) groups excluding carboxylic acids is 3. The van der Waals surface area contributed by atoms with E-state index < -0.39 is 11.8 Å². The molecule has 2 aliphatic rings. The number of Topliss-reactive ketones (excluding diaryl/α,β-unsaturated/α-hetero) is 1. The molecule has 1 aromatic rings. The maximum absolute atomic E-state index is 12.4. The fourth-order valence-corrected chi connectivity index (χ4v) is 3.05. The molecule has 2 atom stereocenters. The van der Waals surface area contributed by atoms with Gasteiger partial charge in [0.1, 0.15) is 5.92 Å². The molecular formula is C17H17NO3. The van der Waals surface area contributed by atoms with E-state index >= 15 is 0 Å². The van der Waals surface area contributed by atoms with Gasteiger partial charge in [0.05, 0.1) is 12.5 Å². The lowest BCUT2D eigenvalue weighted by molar-refractivity contribution is -0.141. The standard InChI is InChI=1S/C17H17NO3/c1-10(2)12-8-13-14(15(12)19)17(21)18(16(13)20)9-11-6-4-3-5-7-11/h3-8,10,13-14H,9H2,1-2H3/t13-,14-/m1/s1. The number of imide groups is 1. The number of rotatable bonds is 3. The highest BCUT2D eigenvalue weighted by molar-refractivity contribution is 6.22. The van der Waals surface area contributed by atoms with Crippen molar-refractivity contribution in [1.82, 2.24) is 4.90 Å². The second kappa shape index (κ2) is 4.95. The number of carbonyl (C=O) groups is 3. The van der Waals surface area contributed by atoms with Crippen LogP contribution >= 0.6 is 0 Å². The monoisotopic (exact) mass is 283 g/mol. The number of benzene rings is 1. The Morgan fingerprint density at radius 2 is 1.71 bits per heavy atom. The highest BCUT2D eigenvalue weighted by Crippen LogP contribution is 2.39. The molecule has 4 heteroatoms. The Bertz CT molecular complexity index is 645. The van der Waals surface area contributed by atoms with Crippen molar-refractivity contribution >= 4 is 17.6 Å². The van der Waals surface area contributed by atoms with E-state index in [-0.39, 0.29) is 30.1 Å². The van der Waals surface area contributed by atoms with Gasteiger partial charge >= 0.3 is 0 Å². The second-order valence-electron chi connectivity index (χ2n) is 5.89. The number of fused-ring (bicyclic) bond motifs is 1. The van der Waals surface area contributed by atoms with E-state index in [0.717, 1.165) is 5.56 Å². The first kappa shape index (κ1) is 13.7. The minimum Gasteiger partial charge on any atom is -0.294 e. The van der Waals surface area contributed by atoms with E-state index in [9.17, 15) is 14.4 Å². The van der Waals surface area contributed by atoms with Crippen molar-refractivity contribution in [3.63, 3.8) is 0 Å². The highest BCUT2D eigenvalue weighted by atomic mass is 16.2. The Morgan fingerprint density at radius 3 is 2.29 bits per heavy atom. The molecular weight excluding hydrogens is 266 g/mol. The first-order valence-corrected chi connectivity index (χ1v) is 7.15. The molecule has 1 aromatic carbocycles. The van der Waals surface area contributed by atoms with Crippen LogP contribution in [0.25, 0.3) is 0 Å². The summed E-state index contributed by atoms with van der Waals surface area (Å²) in [6, 6.07) is 9.34. The number of nitrogens with zero attached hydrogens (tertiary/aromatic N) is 1. The first-order valence-electron chi connectivity index (χ1n) is 7.15. The molecule has 0 N–H and O–H groups in total. The van der Waals surface area contributed by atoms with Gasteiger partial charge in [0.15, 0.2) is 5.78 Å². The topological polar surface area (TPSA) is 54.5 Å². The van der Waals surface area contributed by atoms with Crippen LogP contribution < -0.4 is 0 Å². The minimum atomic E-state index is -0.821. The van der Waals surface area contributed by atoms with Crippen LogP contribution in [-0.2, 0) is 20.9 Å². The molecule has 3 rings (SSSR count). The molecule has 0 radical (unpaired) electrons. The van der Waals surface area contributed by atoms with Gasteiger partial charge in [-0.05, 0) is 17.1 Å². The van der Waals surface area contributed by atoms with Crippen LogP contribution in [0.1, 0.15) is 19.4 Å². The van der Waals surface area contributed by atoms with E-state index in [4.69, 9.17) is 0 Å². The normalized spacial score (nSPS) is 24.8. The Hall–Kier alpha value is -2.23. The lowest BCUT2D eigenvalue weighted by Gasteiger charge is -2.16. The summed E-state index contributed by atoms with van der Waals surface area (Å²) in [5, 5.41) is 0. The summed E-state index contributed by atoms with van der Waals surface area (Å²) < 4.78 is 0. The van der Waals surface area contributed by atoms with Crippen molar-refractivity contribution in [3.8, 4) is 0 Å². The fourth-order valence-electron chi connectivity index (χ4n) is 3.05. The molecule has 1 aliphatic heterocycles. The lowest BCUT2D eigenvalue weighted by Crippen LogP contribution is -2.32. The molecule has 1 aliphatic carbocycles. The Kier molecular flexibility index (Phi) is 3.24. The van der Waals surface area contributed by atoms with Gasteiger partial charge in [0.2, 0.25) is 11.8 Å². The van der Waals surface area contributed by atoms with Crippen molar-refractivity contribution in [3.05, 3.63) is 47.5 Å². The molecule has 0 saturated carbocycles. The summed E-state index contributed by atoms with van der Waals surface area (Å²) in [7, 11) is 0. The Morgan fingerprint density at radius 1 is 1.05 bits per heavy atom. The van der Waals surface area contributed by atoms with Crippen LogP contribution in [0.3, 0.4) is 0 Å². The van der Waals surface area contributed by atoms with Crippen LogP contribution in [-0.4, -0.2) is 22.5 Å². The van der Waals surface area contributed by atoms with Crippen molar-refractivity contribution in [2.24, 2.45) is 17.8 Å². The predicted molar refractivity (Wildman–Crippen MR) is 76.9 cm³/mol. The van der Waals surface area contributed by atoms with Gasteiger partial charge < -0.3 is 0 Å². The summed E-state index contributed by atoms with van der Waals surface area (Å²) in [5.41, 5.74) is 1.51. The second-order valence-corrected chi connectivity index (χ2v) is 5.89. The fraction of sp³-hybridized carbons (Fsp3) is 0.353. The average Bonchev–Trinajstić information content (AvgIpc) is 2.92. The lowest BCUT2D eigenvalue weighted by atomic mass is 9.95. The zero-order chi connectivity index (χ0) is 15.1. The molecule has 0 spiro atoms. The smallest absolute Gasteiger partial charge is 0.241 e. The summed E-state index contributed by atoms with van der Waals surface area (Å²) in [5.74, 6) is -2.15. The van der Waals surface area contributed by atoms with Crippen molar-refractivity contribution in [2.45, 2.75) is 20.4 Å². The molecule has 1 heterocycles. The van der Waals surface area contributed by atoms with Crippen molar-refractivity contribution in [2.75, 3.05) is 0 Å².